The lowest BCUT2D eigenvalue weighted by atomic mass is 9.72. The van der Waals surface area contributed by atoms with Crippen LogP contribution in [0.3, 0.4) is 0 Å². The molecule has 0 spiro atoms. The van der Waals surface area contributed by atoms with Crippen molar-refractivity contribution in [2.45, 2.75) is 24.1 Å². The van der Waals surface area contributed by atoms with Crippen LogP contribution < -0.4 is 5.73 Å². The monoisotopic (exact) mass is 333 g/mol. The maximum Gasteiger partial charge on any atom is 0.307 e. The lowest BCUT2D eigenvalue weighted by Gasteiger charge is -2.34. The van der Waals surface area contributed by atoms with Crippen molar-refractivity contribution in [3.8, 4) is 0 Å². The topological polar surface area (TPSA) is 118 Å². The maximum absolute atomic E-state index is 11.3. The van der Waals surface area contributed by atoms with Crippen LogP contribution in [-0.4, -0.2) is 32.9 Å². The Morgan fingerprint density at radius 1 is 1.11 bits per heavy atom. The van der Waals surface area contributed by atoms with Gasteiger partial charge in [-0.15, -0.1) is 0 Å². The molecule has 2 bridgehead atoms. The van der Waals surface area contributed by atoms with Crippen molar-refractivity contribution in [3.63, 3.8) is 0 Å². The van der Waals surface area contributed by atoms with Crippen molar-refractivity contribution in [3.05, 3.63) is 0 Å². The molecule has 2 saturated carbocycles. The summed E-state index contributed by atoms with van der Waals surface area (Å²) in [6, 6.07) is 0. The van der Waals surface area contributed by atoms with E-state index in [9.17, 15) is 24.6 Å². The lowest BCUT2D eigenvalue weighted by Crippen LogP contribution is -2.43. The summed E-state index contributed by atoms with van der Waals surface area (Å²) in [5, 5.41) is 18.5. The molecule has 6 atom stereocenters. The summed E-state index contributed by atoms with van der Waals surface area (Å²) in [5.74, 6) is -4.56. The summed E-state index contributed by atoms with van der Waals surface area (Å²) in [4.78, 5) is 33.4. The first kappa shape index (κ1) is 14.3. The molecule has 1 amide bonds. The summed E-state index contributed by atoms with van der Waals surface area (Å²) >= 11 is 3.49. The normalized spacial score (nSPS) is 40.3. The van der Waals surface area contributed by atoms with E-state index in [1.165, 1.54) is 0 Å². The number of aliphatic carboxylic acids is 2. The largest absolute Gasteiger partial charge is 0.481 e. The van der Waals surface area contributed by atoms with E-state index < -0.39 is 29.7 Å². The van der Waals surface area contributed by atoms with Crippen molar-refractivity contribution in [2.75, 3.05) is 0 Å². The molecule has 19 heavy (non-hydrogen) atoms. The molecule has 2 rings (SSSR count). The highest BCUT2D eigenvalue weighted by Gasteiger charge is 2.61. The Kier molecular flexibility index (Phi) is 3.85. The number of hydrogen-bond acceptors (Lipinski definition) is 3. The minimum Gasteiger partial charge on any atom is -0.481 e. The molecular formula is C12H16BrNO5. The molecule has 0 heterocycles. The van der Waals surface area contributed by atoms with Gasteiger partial charge < -0.3 is 15.9 Å². The molecular weight excluding hydrogens is 318 g/mol. The number of nitrogens with two attached hydrogens (primary N) is 1. The van der Waals surface area contributed by atoms with Gasteiger partial charge in [0.1, 0.15) is 0 Å². The van der Waals surface area contributed by atoms with E-state index in [2.05, 4.69) is 15.9 Å². The second kappa shape index (κ2) is 5.11. The number of fused-ring (bicyclic) bond motifs is 2. The molecule has 6 unspecified atom stereocenters. The molecule has 0 aromatic heterocycles. The fourth-order valence-electron chi connectivity index (χ4n) is 3.82. The number of primary amides is 1. The van der Waals surface area contributed by atoms with Crippen LogP contribution in [0.25, 0.3) is 0 Å². The molecule has 0 saturated heterocycles. The van der Waals surface area contributed by atoms with Crippen molar-refractivity contribution in [1.82, 2.24) is 0 Å². The average Bonchev–Trinajstić information content (AvgIpc) is 2.81. The van der Waals surface area contributed by atoms with Gasteiger partial charge in [-0.2, -0.15) is 0 Å². The molecule has 0 aliphatic heterocycles. The number of carboxylic acid groups (broad SMARTS) is 2. The third-order valence-corrected chi connectivity index (χ3v) is 5.87. The maximum atomic E-state index is 11.3. The van der Waals surface area contributed by atoms with Crippen LogP contribution in [0.4, 0.5) is 0 Å². The van der Waals surface area contributed by atoms with Crippen LogP contribution in [0.15, 0.2) is 0 Å². The zero-order chi connectivity index (χ0) is 14.3. The van der Waals surface area contributed by atoms with Crippen molar-refractivity contribution < 1.29 is 24.6 Å². The number of amides is 1. The number of rotatable bonds is 5. The van der Waals surface area contributed by atoms with Crippen LogP contribution in [-0.2, 0) is 14.4 Å². The Hall–Kier alpha value is -1.11. The number of alkyl halides is 1. The number of carboxylic acids is 2. The molecule has 0 radical (unpaired) electrons. The highest BCUT2D eigenvalue weighted by atomic mass is 79.9. The molecule has 106 valence electrons. The second-order valence-corrected chi connectivity index (χ2v) is 6.46. The highest BCUT2D eigenvalue weighted by molar-refractivity contribution is 9.09. The summed E-state index contributed by atoms with van der Waals surface area (Å²) in [5.41, 5.74) is 5.12. The zero-order valence-electron chi connectivity index (χ0n) is 10.2. The van der Waals surface area contributed by atoms with Crippen LogP contribution in [0.1, 0.15) is 19.3 Å². The van der Waals surface area contributed by atoms with Crippen molar-refractivity contribution >= 4 is 33.8 Å². The predicted molar refractivity (Wildman–Crippen MR) is 68.5 cm³/mol. The fraction of sp³-hybridized carbons (Fsp3) is 0.750. The zero-order valence-corrected chi connectivity index (χ0v) is 11.7. The molecule has 2 fully saturated rings. The minimum atomic E-state index is -1.05. The molecule has 0 aromatic rings. The molecule has 2 aliphatic carbocycles. The van der Waals surface area contributed by atoms with Gasteiger partial charge in [-0.1, -0.05) is 15.9 Å². The van der Waals surface area contributed by atoms with Crippen LogP contribution in [0.2, 0.25) is 0 Å². The van der Waals surface area contributed by atoms with Crippen LogP contribution in [0, 0.1) is 29.6 Å². The van der Waals surface area contributed by atoms with E-state index >= 15 is 0 Å². The molecule has 0 aromatic carbocycles. The minimum absolute atomic E-state index is 0.00852. The first-order valence-corrected chi connectivity index (χ1v) is 7.14. The Bertz CT molecular complexity index is 426. The van der Waals surface area contributed by atoms with Gasteiger partial charge in [0, 0.05) is 11.2 Å². The molecule has 7 heteroatoms. The van der Waals surface area contributed by atoms with Crippen LogP contribution >= 0.6 is 15.9 Å². The summed E-state index contributed by atoms with van der Waals surface area (Å²) in [6.07, 6.45) is 1.32. The van der Waals surface area contributed by atoms with E-state index in [1.807, 2.05) is 0 Å². The van der Waals surface area contributed by atoms with E-state index in [-0.39, 0.29) is 29.0 Å². The number of carbonyl (C=O) groups excluding carboxylic acids is 1. The standard InChI is InChI=1S/C12H16BrNO5/c13-10-4(1-2-7(14)15)5-3-6(10)9(12(18)19)8(5)11(16)17/h4-6,8-10H,1-3H2,(H2,14,15)(H,16,17)(H,18,19). The SMILES string of the molecule is NC(=O)CCC1C(Br)C2CC1C(C(=O)O)C2C(=O)O. The number of halogens is 1. The Balaban J connectivity index is 2.19. The van der Waals surface area contributed by atoms with Gasteiger partial charge >= 0.3 is 11.9 Å². The third-order valence-electron chi connectivity index (χ3n) is 4.52. The summed E-state index contributed by atoms with van der Waals surface area (Å²) in [6.45, 7) is 0. The molecule has 6 nitrogen and oxygen atoms in total. The quantitative estimate of drug-likeness (QED) is 0.639. The van der Waals surface area contributed by atoms with Gasteiger partial charge in [0.25, 0.3) is 0 Å². The Morgan fingerprint density at radius 2 is 1.63 bits per heavy atom. The first-order chi connectivity index (χ1) is 8.84. The predicted octanol–water partition coefficient (Wildman–Crippen LogP) is 0.683. The summed E-state index contributed by atoms with van der Waals surface area (Å²) < 4.78 is 0. The van der Waals surface area contributed by atoms with Crippen molar-refractivity contribution in [1.29, 1.82) is 0 Å². The average molecular weight is 334 g/mol. The van der Waals surface area contributed by atoms with Gasteiger partial charge in [-0.25, -0.2) is 0 Å². The van der Waals surface area contributed by atoms with Gasteiger partial charge in [-0.05, 0) is 30.6 Å². The third kappa shape index (κ3) is 2.35. The fourth-order valence-corrected chi connectivity index (χ4v) is 5.02. The van der Waals surface area contributed by atoms with E-state index in [1.54, 1.807) is 0 Å². The number of hydrogen-bond donors (Lipinski definition) is 3. The second-order valence-electron chi connectivity index (χ2n) is 5.40. The Morgan fingerprint density at radius 3 is 2.11 bits per heavy atom. The van der Waals surface area contributed by atoms with Gasteiger partial charge in [0.2, 0.25) is 5.91 Å². The molecule has 4 N–H and O–H groups in total. The van der Waals surface area contributed by atoms with E-state index in [0.29, 0.717) is 12.8 Å². The van der Waals surface area contributed by atoms with E-state index in [0.717, 1.165) is 0 Å². The highest BCUT2D eigenvalue weighted by Crippen LogP contribution is 2.59. The number of carbonyl (C=O) groups is 3. The Labute approximate surface area is 118 Å². The van der Waals surface area contributed by atoms with Crippen LogP contribution in [0.5, 0.6) is 0 Å². The summed E-state index contributed by atoms with van der Waals surface area (Å²) in [7, 11) is 0. The van der Waals surface area contributed by atoms with Gasteiger partial charge in [-0.3, -0.25) is 14.4 Å². The smallest absolute Gasteiger partial charge is 0.307 e. The van der Waals surface area contributed by atoms with Gasteiger partial charge in [0.05, 0.1) is 11.8 Å². The first-order valence-electron chi connectivity index (χ1n) is 6.22. The molecule has 2 aliphatic rings. The van der Waals surface area contributed by atoms with Crippen molar-refractivity contribution in [2.24, 2.45) is 35.3 Å². The lowest BCUT2D eigenvalue weighted by molar-refractivity contribution is -0.157. The van der Waals surface area contributed by atoms with E-state index in [4.69, 9.17) is 5.73 Å². The van der Waals surface area contributed by atoms with Gasteiger partial charge in [0.15, 0.2) is 0 Å².